The number of alkyl halides is 9. The van der Waals surface area contributed by atoms with Crippen molar-refractivity contribution in [3.63, 3.8) is 0 Å². The molecule has 0 aliphatic rings. The lowest BCUT2D eigenvalue weighted by molar-refractivity contribution is -0.129. The van der Waals surface area contributed by atoms with Crippen LogP contribution in [0.25, 0.3) is 0 Å². The summed E-state index contributed by atoms with van der Waals surface area (Å²) in [7, 11) is -0.922. The molecule has 580 valence electrons. The Labute approximate surface area is 663 Å². The third-order valence-electron chi connectivity index (χ3n) is 15.2. The molecule has 0 aliphatic heterocycles. The summed E-state index contributed by atoms with van der Waals surface area (Å²) in [5, 5.41) is 23.7. The molecule has 0 aromatic heterocycles. The summed E-state index contributed by atoms with van der Waals surface area (Å²) in [6, 6.07) is 27.2. The number of nitrogens with two attached hydrogens (primary N) is 3. The van der Waals surface area contributed by atoms with Crippen molar-refractivity contribution in [3.8, 4) is 0 Å². The fraction of sp³-hybridized carbons (Fsp3) is 0.500. The van der Waals surface area contributed by atoms with Gasteiger partial charge >= 0.3 is 7.05 Å². The van der Waals surface area contributed by atoms with Crippen molar-refractivity contribution in [3.05, 3.63) is 119 Å². The zero-order valence-electron chi connectivity index (χ0n) is 62.6. The first kappa shape index (κ1) is 98.3. The third-order valence-corrected chi connectivity index (χ3v) is 16.7. The second kappa shape index (κ2) is 53.2. The largest absolute Gasteiger partial charge is 0.437 e. The number of amides is 4. The normalized spacial score (nSPS) is 11.2. The number of benzene rings is 5. The van der Waals surface area contributed by atoms with E-state index in [1.54, 1.807) is 12.1 Å². The number of nitrogens with one attached hydrogen (secondary N) is 5. The predicted molar refractivity (Wildman–Crippen MR) is 449 cm³/mol. The zero-order chi connectivity index (χ0) is 79.5. The van der Waals surface area contributed by atoms with Crippen LogP contribution < -0.4 is 63.3 Å². The first-order chi connectivity index (χ1) is 48.9. The van der Waals surface area contributed by atoms with E-state index in [-0.39, 0.29) is 53.9 Å². The first-order valence-corrected chi connectivity index (χ1v) is 38.6. The molecule has 0 aliphatic carbocycles. The molecule has 5 aromatic carbocycles. The molecule has 0 saturated heterocycles. The van der Waals surface area contributed by atoms with Crippen LogP contribution >= 0.6 is 104 Å². The van der Waals surface area contributed by atoms with E-state index >= 15 is 0 Å². The summed E-state index contributed by atoms with van der Waals surface area (Å²) < 4.78 is 0. The van der Waals surface area contributed by atoms with Crippen LogP contribution in [-0.4, -0.2) is 171 Å². The van der Waals surface area contributed by atoms with Crippen molar-refractivity contribution in [1.29, 1.82) is 0 Å². The third kappa shape index (κ3) is 39.8. The number of ketones is 2. The SMILES string of the molecule is CB(O)N[C@@H](CC(=O)C(C)(C)C)C(=O)Nc1cc(N(CCCl)CCCl)ccc1C.CC(=O)Nc1cc(N(CCCl)CCCl)ccc1C.CC(=O)Nc1cc(N)ccc1C.Cc1ccc(N(CCCl)CCCl)cc1N.Cc1ccc(N(CCCl)CCCl)cc1NC(=O)[C@@H](N)CC(=O)C(C)(C)C.O=CCCl. The lowest BCUT2D eigenvalue weighted by Crippen LogP contribution is -2.49. The number of hydrogen-bond acceptors (Lipinski definition) is 16. The summed E-state index contributed by atoms with van der Waals surface area (Å²) >= 11 is 51.4. The van der Waals surface area contributed by atoms with Gasteiger partial charge in [-0.2, -0.15) is 0 Å². The number of hydrogen-bond donors (Lipinski definition) is 9. The lowest BCUT2D eigenvalue weighted by atomic mass is 9.83. The maximum Gasteiger partial charge on any atom is 0.374 e. The Hall–Kier alpha value is -5.66. The quantitative estimate of drug-likeness (QED) is 0.00816. The van der Waals surface area contributed by atoms with Gasteiger partial charge in [-0.25, -0.2) is 0 Å². The molecule has 0 spiro atoms. The van der Waals surface area contributed by atoms with Gasteiger partial charge in [-0.1, -0.05) is 71.9 Å². The molecule has 4 amide bonds. The number of Topliss-reactive ketones (excluding diaryl/α,β-unsaturated/α-hetero) is 2. The molecule has 5 aromatic rings. The molecule has 0 bridgehead atoms. The van der Waals surface area contributed by atoms with Crippen molar-refractivity contribution >= 4 is 210 Å². The molecule has 5 rings (SSSR count). The topological polar surface area (TPSA) is 291 Å². The number of nitrogen functional groups attached to an aromatic ring is 2. The predicted octanol–water partition coefficient (Wildman–Crippen LogP) is 14.9. The van der Waals surface area contributed by atoms with Gasteiger partial charge in [0.05, 0.1) is 18.0 Å². The smallest absolute Gasteiger partial charge is 0.374 e. The Kier molecular flexibility index (Phi) is 50.3. The second-order valence-electron chi connectivity index (χ2n) is 26.0. The van der Waals surface area contributed by atoms with E-state index in [2.05, 4.69) is 41.2 Å². The van der Waals surface area contributed by atoms with Crippen LogP contribution in [0, 0.1) is 45.4 Å². The Bertz CT molecular complexity index is 3400. The molecule has 12 N–H and O–H groups in total. The summed E-state index contributed by atoms with van der Waals surface area (Å²) in [6.07, 6.45) is 0.643. The van der Waals surface area contributed by atoms with E-state index < -0.39 is 30.0 Å². The van der Waals surface area contributed by atoms with Gasteiger partial charge in [-0.15, -0.1) is 104 Å². The maximum atomic E-state index is 12.9. The molecule has 30 heteroatoms. The zero-order valence-corrected chi connectivity index (χ0v) is 69.4. The highest BCUT2D eigenvalue weighted by Crippen LogP contribution is 2.29. The van der Waals surface area contributed by atoms with Gasteiger partial charge in [0, 0.05) is 194 Å². The van der Waals surface area contributed by atoms with Gasteiger partial charge in [0.2, 0.25) is 23.6 Å². The van der Waals surface area contributed by atoms with E-state index in [1.807, 2.05) is 160 Å². The van der Waals surface area contributed by atoms with E-state index in [4.69, 9.17) is 126 Å². The van der Waals surface area contributed by atoms with Crippen LogP contribution in [0.15, 0.2) is 91.0 Å². The molecule has 2 atom stereocenters. The van der Waals surface area contributed by atoms with Gasteiger partial charge in [0.25, 0.3) is 0 Å². The van der Waals surface area contributed by atoms with Gasteiger partial charge in [0.1, 0.15) is 17.9 Å². The van der Waals surface area contributed by atoms with Crippen molar-refractivity contribution < 1.29 is 38.6 Å². The van der Waals surface area contributed by atoms with Gasteiger partial charge < -0.3 is 73.1 Å². The number of rotatable bonds is 33. The summed E-state index contributed by atoms with van der Waals surface area (Å²) in [5.74, 6) is 3.25. The standard InChI is InChI=1S/C20H32BCl2N3O3.C19H29Cl2N3O2.C13H18Cl2N2O.C11H16Cl2N2.C9H12N2O.C2H3ClO/c1-14-6-7-15(26(10-8-22)11-9-23)12-16(14)24-19(28)17(25-21(5)29)13-18(27)20(2,3)4;1-13-5-6-14(24(9-7-20)10-8-21)11-16(13)23-18(26)15(22)12-17(25)19(2,3)4;1-10-3-4-12(9-13(10)16-11(2)18)17(7-5-14)8-6-15;1-9-2-3-10(8-11(9)14)15(6-4-12)7-5-13;1-6-3-4-8(10)5-9(6)11-7(2)12;3-1-2-4/h6-7,12,17,25,29H,8-11,13H2,1-5H3,(H,24,28);5-6,11,15H,7-10,12,22H2,1-4H3,(H,23,26);3-4,9H,5-8H2,1-2H3,(H,16,18);2-3,8H,4-7,14H2,1H3;3-5H,10H2,1-2H3,(H,11,12);2H,1H2/t17-;15-;;;;/m00..../s1. The van der Waals surface area contributed by atoms with Gasteiger partial charge in [0.15, 0.2) is 0 Å². The van der Waals surface area contributed by atoms with Crippen molar-refractivity contribution in [2.45, 2.75) is 122 Å². The minimum Gasteiger partial charge on any atom is -0.437 e. The van der Waals surface area contributed by atoms with E-state index in [0.29, 0.717) is 96.6 Å². The molecular formula is C74H110BCl9N12O8. The number of carbonyl (C=O) groups excluding carboxylic acids is 7. The Balaban J connectivity index is 0.00000130. The van der Waals surface area contributed by atoms with Gasteiger partial charge in [-0.05, 0) is 130 Å². The molecule has 20 nitrogen and oxygen atoms in total. The highest BCUT2D eigenvalue weighted by Gasteiger charge is 2.31. The molecule has 0 saturated carbocycles. The van der Waals surface area contributed by atoms with Crippen molar-refractivity contribution in [2.75, 3.05) is 158 Å². The van der Waals surface area contributed by atoms with E-state index in [0.717, 1.165) is 93.8 Å². The monoisotopic (exact) mass is 1620 g/mol. The van der Waals surface area contributed by atoms with Crippen molar-refractivity contribution in [1.82, 2.24) is 5.23 Å². The molecular weight excluding hydrogens is 1510 g/mol. The van der Waals surface area contributed by atoms with Crippen LogP contribution in [0.3, 0.4) is 0 Å². The maximum absolute atomic E-state index is 12.9. The van der Waals surface area contributed by atoms with Crippen LogP contribution in [0.4, 0.5) is 56.9 Å². The van der Waals surface area contributed by atoms with Crippen LogP contribution in [0.2, 0.25) is 6.82 Å². The fourth-order valence-corrected chi connectivity index (χ4v) is 10.8. The number of carbonyl (C=O) groups is 7. The van der Waals surface area contributed by atoms with Crippen LogP contribution in [0.5, 0.6) is 0 Å². The Morgan fingerprint density at radius 2 is 0.731 bits per heavy atom. The Morgan fingerprint density at radius 3 is 1.02 bits per heavy atom. The number of aryl methyl sites for hydroxylation is 5. The number of nitrogens with zero attached hydrogens (tertiary/aromatic N) is 4. The average molecular weight is 1630 g/mol. The lowest BCUT2D eigenvalue weighted by Gasteiger charge is -2.25. The average Bonchev–Trinajstić information content (AvgIpc) is 0.848. The fourth-order valence-electron chi connectivity index (χ4n) is 9.15. The molecule has 0 fully saturated rings. The number of aldehydes is 1. The molecule has 0 heterocycles. The summed E-state index contributed by atoms with van der Waals surface area (Å²) in [5.41, 5.74) is 29.5. The first-order valence-electron chi connectivity index (χ1n) is 33.8. The van der Waals surface area contributed by atoms with Crippen molar-refractivity contribution in [2.24, 2.45) is 16.6 Å². The van der Waals surface area contributed by atoms with Crippen LogP contribution in [-0.2, 0) is 33.6 Å². The minimum absolute atomic E-state index is 0.0103. The van der Waals surface area contributed by atoms with Crippen LogP contribution in [0.1, 0.15) is 96.0 Å². The minimum atomic E-state index is -0.922. The summed E-state index contributed by atoms with van der Waals surface area (Å²) in [6.45, 7) is 30.7. The van der Waals surface area contributed by atoms with E-state index in [9.17, 15) is 33.8 Å². The second-order valence-corrected chi connectivity index (χ2v) is 29.3. The molecule has 0 radical (unpaired) electrons. The van der Waals surface area contributed by atoms with E-state index in [1.165, 1.54) is 20.7 Å². The molecule has 0 unspecified atom stereocenters. The molecule has 104 heavy (non-hydrogen) atoms. The number of halogens is 9. The Morgan fingerprint density at radius 1 is 0.452 bits per heavy atom. The highest BCUT2D eigenvalue weighted by atomic mass is 35.5. The van der Waals surface area contributed by atoms with Gasteiger partial charge in [-0.3, -0.25) is 28.8 Å². The summed E-state index contributed by atoms with van der Waals surface area (Å²) in [4.78, 5) is 89.1. The number of anilines is 10. The highest BCUT2D eigenvalue weighted by molar-refractivity contribution is 6.46.